The summed E-state index contributed by atoms with van der Waals surface area (Å²) in [4.78, 5) is 4.68. The Morgan fingerprint density at radius 1 is 0.900 bits per heavy atom. The van der Waals surface area contributed by atoms with Crippen LogP contribution >= 0.6 is 0 Å². The van der Waals surface area contributed by atoms with E-state index < -0.39 is 11.7 Å². The predicted molar refractivity (Wildman–Crippen MR) is 106 cm³/mol. The largest absolute Gasteiger partial charge is 0.416 e. The van der Waals surface area contributed by atoms with Crippen LogP contribution in [0.4, 0.5) is 13.2 Å². The molecule has 0 saturated carbocycles. The first-order valence-electron chi connectivity index (χ1n) is 9.83. The highest BCUT2D eigenvalue weighted by molar-refractivity contribution is 5.35. The van der Waals surface area contributed by atoms with Gasteiger partial charge in [0, 0.05) is 32.7 Å². The summed E-state index contributed by atoms with van der Waals surface area (Å²) in [5.41, 5.74) is 2.41. The molecule has 0 unspecified atom stereocenters. The van der Waals surface area contributed by atoms with Crippen molar-refractivity contribution in [2.45, 2.75) is 26.2 Å². The number of tetrazole rings is 1. The van der Waals surface area contributed by atoms with E-state index >= 15 is 0 Å². The van der Waals surface area contributed by atoms with Crippen LogP contribution in [-0.2, 0) is 19.3 Å². The number of hydrogen-bond acceptors (Lipinski definition) is 5. The Kier molecular flexibility index (Phi) is 5.83. The lowest BCUT2D eigenvalue weighted by Crippen LogP contribution is -2.45. The van der Waals surface area contributed by atoms with Gasteiger partial charge in [-0.05, 0) is 47.2 Å². The second-order valence-electron chi connectivity index (χ2n) is 7.59. The van der Waals surface area contributed by atoms with Gasteiger partial charge < -0.3 is 0 Å². The summed E-state index contributed by atoms with van der Waals surface area (Å²) in [6, 6.07) is 13.4. The molecule has 158 valence electrons. The number of halogens is 3. The standard InChI is InChI=1S/C21H23F3N6/c1-16-3-2-4-17(13-16)14-28-9-11-29(12-10-28)15-20-25-26-27-30(20)19-7-5-18(6-8-19)21(22,23)24/h2-8,13H,9-12,14-15H2,1H3. The predicted octanol–water partition coefficient (Wildman–Crippen LogP) is 3.31. The summed E-state index contributed by atoms with van der Waals surface area (Å²) in [6.45, 7) is 7.22. The lowest BCUT2D eigenvalue weighted by molar-refractivity contribution is -0.137. The van der Waals surface area contributed by atoms with Crippen molar-refractivity contribution in [2.24, 2.45) is 0 Å². The number of alkyl halides is 3. The van der Waals surface area contributed by atoms with Gasteiger partial charge in [-0.1, -0.05) is 29.8 Å². The molecule has 1 saturated heterocycles. The van der Waals surface area contributed by atoms with Gasteiger partial charge in [-0.25, -0.2) is 0 Å². The molecule has 2 heterocycles. The first kappa shape index (κ1) is 20.5. The van der Waals surface area contributed by atoms with E-state index in [1.165, 1.54) is 27.9 Å². The molecule has 0 radical (unpaired) electrons. The van der Waals surface area contributed by atoms with Gasteiger partial charge in [0.25, 0.3) is 0 Å². The molecule has 30 heavy (non-hydrogen) atoms. The molecule has 0 N–H and O–H groups in total. The summed E-state index contributed by atoms with van der Waals surface area (Å²) >= 11 is 0. The summed E-state index contributed by atoms with van der Waals surface area (Å²) in [5.74, 6) is 0.613. The van der Waals surface area contributed by atoms with Crippen LogP contribution in [-0.4, -0.2) is 56.2 Å². The molecule has 0 atom stereocenters. The lowest BCUT2D eigenvalue weighted by atomic mass is 10.1. The highest BCUT2D eigenvalue weighted by atomic mass is 19.4. The van der Waals surface area contributed by atoms with Gasteiger partial charge in [0.05, 0.1) is 17.8 Å². The monoisotopic (exact) mass is 416 g/mol. The highest BCUT2D eigenvalue weighted by Crippen LogP contribution is 2.29. The van der Waals surface area contributed by atoms with Crippen molar-refractivity contribution in [3.05, 3.63) is 71.0 Å². The van der Waals surface area contributed by atoms with Crippen molar-refractivity contribution >= 4 is 0 Å². The zero-order valence-corrected chi connectivity index (χ0v) is 16.7. The van der Waals surface area contributed by atoms with Gasteiger partial charge in [0.2, 0.25) is 0 Å². The fourth-order valence-electron chi connectivity index (χ4n) is 3.67. The Morgan fingerprint density at radius 3 is 2.20 bits per heavy atom. The number of piperazine rings is 1. The van der Waals surface area contributed by atoms with Gasteiger partial charge in [-0.2, -0.15) is 17.9 Å². The topological polar surface area (TPSA) is 50.1 Å². The number of hydrogen-bond donors (Lipinski definition) is 0. The van der Waals surface area contributed by atoms with Crippen molar-refractivity contribution < 1.29 is 13.2 Å². The first-order valence-corrected chi connectivity index (χ1v) is 9.83. The SMILES string of the molecule is Cc1cccc(CN2CCN(Cc3nnnn3-c3ccc(C(F)(F)F)cc3)CC2)c1. The van der Waals surface area contributed by atoms with Gasteiger partial charge in [-0.15, -0.1) is 5.10 Å². The molecule has 0 aliphatic carbocycles. The Balaban J connectivity index is 1.36. The average molecular weight is 416 g/mol. The van der Waals surface area contributed by atoms with Gasteiger partial charge in [0.15, 0.2) is 5.82 Å². The van der Waals surface area contributed by atoms with E-state index in [2.05, 4.69) is 56.5 Å². The Morgan fingerprint density at radius 2 is 1.57 bits per heavy atom. The minimum absolute atomic E-state index is 0.515. The van der Waals surface area contributed by atoms with E-state index in [1.807, 2.05) is 0 Å². The summed E-state index contributed by atoms with van der Waals surface area (Å²) < 4.78 is 39.8. The second-order valence-corrected chi connectivity index (χ2v) is 7.59. The molecule has 1 aliphatic heterocycles. The number of aryl methyl sites for hydroxylation is 1. The molecule has 3 aromatic rings. The number of benzene rings is 2. The maximum absolute atomic E-state index is 12.8. The molecular formula is C21H23F3N6. The third-order valence-electron chi connectivity index (χ3n) is 5.29. The Bertz CT molecular complexity index is 975. The van der Waals surface area contributed by atoms with Crippen LogP contribution in [0.25, 0.3) is 5.69 Å². The van der Waals surface area contributed by atoms with Crippen molar-refractivity contribution in [1.82, 2.24) is 30.0 Å². The van der Waals surface area contributed by atoms with Gasteiger partial charge >= 0.3 is 6.18 Å². The molecule has 1 fully saturated rings. The third-order valence-corrected chi connectivity index (χ3v) is 5.29. The van der Waals surface area contributed by atoms with Crippen LogP contribution in [0.3, 0.4) is 0 Å². The van der Waals surface area contributed by atoms with E-state index in [4.69, 9.17) is 0 Å². The molecule has 1 aliphatic rings. The van der Waals surface area contributed by atoms with E-state index in [-0.39, 0.29) is 0 Å². The molecular weight excluding hydrogens is 393 g/mol. The van der Waals surface area contributed by atoms with E-state index in [0.717, 1.165) is 44.9 Å². The summed E-state index contributed by atoms with van der Waals surface area (Å²) in [5, 5.41) is 11.8. The van der Waals surface area contributed by atoms with E-state index in [1.54, 1.807) is 0 Å². The first-order chi connectivity index (χ1) is 14.4. The Hall–Kier alpha value is -2.78. The van der Waals surface area contributed by atoms with Crippen LogP contribution in [0.5, 0.6) is 0 Å². The van der Waals surface area contributed by atoms with Crippen molar-refractivity contribution in [1.29, 1.82) is 0 Å². The molecule has 6 nitrogen and oxygen atoms in total. The Labute approximate surface area is 172 Å². The quantitative estimate of drug-likeness (QED) is 0.639. The average Bonchev–Trinajstić information content (AvgIpc) is 3.17. The fraction of sp³-hybridized carbons (Fsp3) is 0.381. The molecule has 2 aromatic carbocycles. The third kappa shape index (κ3) is 4.85. The number of aromatic nitrogens is 4. The lowest BCUT2D eigenvalue weighted by Gasteiger charge is -2.34. The smallest absolute Gasteiger partial charge is 0.297 e. The van der Waals surface area contributed by atoms with Crippen molar-refractivity contribution in [2.75, 3.05) is 26.2 Å². The van der Waals surface area contributed by atoms with Crippen LogP contribution in [0.1, 0.15) is 22.5 Å². The minimum atomic E-state index is -4.36. The molecule has 4 rings (SSSR count). The molecule has 0 spiro atoms. The van der Waals surface area contributed by atoms with E-state index in [9.17, 15) is 13.2 Å². The molecule has 0 amide bonds. The van der Waals surface area contributed by atoms with Gasteiger partial charge in [-0.3, -0.25) is 9.80 Å². The summed E-state index contributed by atoms with van der Waals surface area (Å²) in [7, 11) is 0. The van der Waals surface area contributed by atoms with Crippen LogP contribution in [0, 0.1) is 6.92 Å². The van der Waals surface area contributed by atoms with Crippen molar-refractivity contribution in [3.63, 3.8) is 0 Å². The number of nitrogens with zero attached hydrogens (tertiary/aromatic N) is 6. The summed E-state index contributed by atoms with van der Waals surface area (Å²) in [6.07, 6.45) is -4.36. The van der Waals surface area contributed by atoms with Crippen molar-refractivity contribution in [3.8, 4) is 5.69 Å². The van der Waals surface area contributed by atoms with E-state index in [0.29, 0.717) is 18.1 Å². The minimum Gasteiger partial charge on any atom is -0.297 e. The maximum Gasteiger partial charge on any atom is 0.416 e. The van der Waals surface area contributed by atoms with Crippen LogP contribution < -0.4 is 0 Å². The zero-order chi connectivity index (χ0) is 21.1. The second kappa shape index (κ2) is 8.53. The van der Waals surface area contributed by atoms with Crippen LogP contribution in [0.2, 0.25) is 0 Å². The molecule has 1 aromatic heterocycles. The zero-order valence-electron chi connectivity index (χ0n) is 16.7. The normalized spacial score (nSPS) is 16.1. The van der Waals surface area contributed by atoms with Gasteiger partial charge in [0.1, 0.15) is 0 Å². The number of rotatable bonds is 5. The highest BCUT2D eigenvalue weighted by Gasteiger charge is 2.30. The molecule has 0 bridgehead atoms. The molecule has 9 heteroatoms. The maximum atomic E-state index is 12.8. The fourth-order valence-corrected chi connectivity index (χ4v) is 3.67. The van der Waals surface area contributed by atoms with Crippen LogP contribution in [0.15, 0.2) is 48.5 Å².